The van der Waals surface area contributed by atoms with Crippen molar-refractivity contribution in [2.75, 3.05) is 39.9 Å². The first-order valence-corrected chi connectivity index (χ1v) is 15.7. The highest BCUT2D eigenvalue weighted by molar-refractivity contribution is 5.81. The Kier molecular flexibility index (Phi) is 9.15. The van der Waals surface area contributed by atoms with E-state index in [0.29, 0.717) is 23.7 Å². The summed E-state index contributed by atoms with van der Waals surface area (Å²) >= 11 is 0. The third-order valence-electron chi connectivity index (χ3n) is 9.17. The molecule has 0 spiro atoms. The Bertz CT molecular complexity index is 1640. The molecule has 0 radical (unpaired) electrons. The molecule has 1 unspecified atom stereocenters. The van der Waals surface area contributed by atoms with Crippen LogP contribution < -0.4 is 29.2 Å². The minimum absolute atomic E-state index is 0.0195. The van der Waals surface area contributed by atoms with Crippen LogP contribution in [-0.2, 0) is 36.9 Å². The minimum atomic E-state index is -0.0195. The van der Waals surface area contributed by atoms with Crippen LogP contribution >= 0.6 is 0 Å². The Hall–Kier alpha value is -4.65. The molecule has 0 fully saturated rings. The highest BCUT2D eigenvalue weighted by Gasteiger charge is 2.30. The first-order chi connectivity index (χ1) is 22.0. The summed E-state index contributed by atoms with van der Waals surface area (Å²) in [5.74, 6) is 2.90. The van der Waals surface area contributed by atoms with Crippen molar-refractivity contribution in [3.05, 3.63) is 112 Å². The molecule has 4 aromatic rings. The zero-order valence-electron chi connectivity index (χ0n) is 26.6. The summed E-state index contributed by atoms with van der Waals surface area (Å²) < 4.78 is 22.6. The fourth-order valence-corrected chi connectivity index (χ4v) is 7.02. The second-order valence-corrected chi connectivity index (χ2v) is 11.9. The molecule has 1 atom stereocenters. The molecular weight excluding hydrogens is 564 g/mol. The fourth-order valence-electron chi connectivity index (χ4n) is 7.02. The molecule has 0 aromatic heterocycles. The van der Waals surface area contributed by atoms with Crippen molar-refractivity contribution >= 4 is 11.6 Å². The van der Waals surface area contributed by atoms with Crippen LogP contribution in [0, 0.1) is 0 Å². The van der Waals surface area contributed by atoms with E-state index in [2.05, 4.69) is 76.9 Å². The number of nitrogens with one attached hydrogen (secondary N) is 1. The maximum absolute atomic E-state index is 13.5. The molecule has 1 aliphatic carbocycles. The molecule has 7 nitrogen and oxygen atoms in total. The molecule has 0 bridgehead atoms. The van der Waals surface area contributed by atoms with Crippen molar-refractivity contribution in [3.63, 3.8) is 0 Å². The van der Waals surface area contributed by atoms with E-state index in [1.54, 1.807) is 28.4 Å². The van der Waals surface area contributed by atoms with Gasteiger partial charge in [0.2, 0.25) is 5.91 Å². The zero-order chi connectivity index (χ0) is 31.3. The van der Waals surface area contributed by atoms with E-state index < -0.39 is 0 Å². The van der Waals surface area contributed by atoms with Crippen LogP contribution in [-0.4, -0.2) is 46.9 Å². The summed E-state index contributed by atoms with van der Waals surface area (Å²) in [6, 6.07) is 27.3. The van der Waals surface area contributed by atoms with Crippen LogP contribution in [0.4, 0.5) is 5.69 Å². The van der Waals surface area contributed by atoms with Gasteiger partial charge in [0.05, 0.1) is 40.9 Å². The number of carbonyl (C=O) groups excluding carboxylic acids is 1. The maximum atomic E-state index is 13.5. The van der Waals surface area contributed by atoms with Gasteiger partial charge in [-0.2, -0.15) is 0 Å². The van der Waals surface area contributed by atoms with Gasteiger partial charge in [0.1, 0.15) is 0 Å². The van der Waals surface area contributed by atoms with Gasteiger partial charge in [0.25, 0.3) is 0 Å². The van der Waals surface area contributed by atoms with Crippen molar-refractivity contribution < 1.29 is 23.7 Å². The van der Waals surface area contributed by atoms with E-state index in [-0.39, 0.29) is 18.0 Å². The summed E-state index contributed by atoms with van der Waals surface area (Å²) in [7, 11) is 6.68. The molecular formula is C38H42N2O5. The number of hydrogen-bond donors (Lipinski definition) is 1. The fraction of sp³-hybridized carbons (Fsp3) is 0.342. The van der Waals surface area contributed by atoms with Crippen LogP contribution in [0.1, 0.15) is 45.8 Å². The summed E-state index contributed by atoms with van der Waals surface area (Å²) in [6.45, 7) is 0.841. The number of benzene rings is 4. The highest BCUT2D eigenvalue weighted by atomic mass is 16.5. The lowest BCUT2D eigenvalue weighted by Gasteiger charge is -2.35. The summed E-state index contributed by atoms with van der Waals surface area (Å²) in [5, 5.41) is 3.32. The van der Waals surface area contributed by atoms with Gasteiger partial charge in [0.15, 0.2) is 23.0 Å². The van der Waals surface area contributed by atoms with E-state index in [9.17, 15) is 4.79 Å². The molecule has 7 heteroatoms. The Labute approximate surface area is 266 Å². The number of para-hydroxylation sites is 1. The topological polar surface area (TPSA) is 69.3 Å². The average Bonchev–Trinajstić information content (AvgIpc) is 3.39. The lowest BCUT2D eigenvalue weighted by Crippen LogP contribution is -2.37. The van der Waals surface area contributed by atoms with E-state index in [4.69, 9.17) is 18.9 Å². The van der Waals surface area contributed by atoms with Crippen molar-refractivity contribution in [1.29, 1.82) is 0 Å². The average molecular weight is 607 g/mol. The Morgan fingerprint density at radius 3 is 2.11 bits per heavy atom. The molecule has 2 aliphatic rings. The lowest BCUT2D eigenvalue weighted by molar-refractivity contribution is -0.121. The van der Waals surface area contributed by atoms with Crippen molar-refractivity contribution in [3.8, 4) is 23.0 Å². The number of nitrogens with zero attached hydrogens (tertiary/aromatic N) is 1. The van der Waals surface area contributed by atoms with Gasteiger partial charge in [-0.25, -0.2) is 0 Å². The molecule has 1 amide bonds. The number of aryl methyl sites for hydroxylation is 1. The Morgan fingerprint density at radius 2 is 1.40 bits per heavy atom. The van der Waals surface area contributed by atoms with Crippen LogP contribution in [0.3, 0.4) is 0 Å². The summed E-state index contributed by atoms with van der Waals surface area (Å²) in [5.41, 5.74) is 8.33. The molecule has 4 aromatic carbocycles. The number of fused-ring (bicyclic) bond motifs is 2. The normalized spacial score (nSPS) is 15.9. The number of hydrogen-bond acceptors (Lipinski definition) is 6. The van der Waals surface area contributed by atoms with Gasteiger partial charge < -0.3 is 29.2 Å². The van der Waals surface area contributed by atoms with Gasteiger partial charge in [-0.15, -0.1) is 0 Å². The van der Waals surface area contributed by atoms with Crippen molar-refractivity contribution in [2.24, 2.45) is 0 Å². The molecule has 1 aliphatic heterocycles. The molecule has 45 heavy (non-hydrogen) atoms. The largest absolute Gasteiger partial charge is 0.493 e. The molecule has 6 rings (SSSR count). The number of methoxy groups -OCH3 is 4. The molecule has 1 heterocycles. The Morgan fingerprint density at radius 1 is 0.756 bits per heavy atom. The standard InChI is InChI=1S/C38H42N2O5/c1-42-34-16-15-25(19-35(34)43-2)18-33-31-24-37(45-4)36(44-3)22-28(31)13-9-17-40(33)32-14-8-7-12-29(32)23-38(41)39-30-20-26-10-5-6-11-27(26)21-30/h5-8,10-12,14-16,19,22,24,30,33H,9,13,17-18,20-21,23H2,1-4H3,(H,39,41). The first-order valence-electron chi connectivity index (χ1n) is 15.7. The number of anilines is 1. The first kappa shape index (κ1) is 30.4. The van der Waals surface area contributed by atoms with Crippen LogP contribution in [0.15, 0.2) is 78.9 Å². The predicted molar refractivity (Wildman–Crippen MR) is 177 cm³/mol. The molecule has 0 saturated carbocycles. The minimum Gasteiger partial charge on any atom is -0.493 e. The molecule has 234 valence electrons. The highest BCUT2D eigenvalue weighted by Crippen LogP contribution is 2.42. The second kappa shape index (κ2) is 13.6. The van der Waals surface area contributed by atoms with E-state index >= 15 is 0 Å². The van der Waals surface area contributed by atoms with Gasteiger partial charge in [0, 0.05) is 18.3 Å². The van der Waals surface area contributed by atoms with Crippen LogP contribution in [0.5, 0.6) is 23.0 Å². The summed E-state index contributed by atoms with van der Waals surface area (Å²) in [6.07, 6.45) is 4.69. The van der Waals surface area contributed by atoms with Gasteiger partial charge >= 0.3 is 0 Å². The SMILES string of the molecule is COc1ccc(CC2c3cc(OC)c(OC)cc3CCCN2c2ccccc2CC(=O)NC2Cc3ccccc3C2)cc1OC. The monoisotopic (exact) mass is 606 g/mol. The predicted octanol–water partition coefficient (Wildman–Crippen LogP) is 6.28. The van der Waals surface area contributed by atoms with Crippen LogP contribution in [0.2, 0.25) is 0 Å². The van der Waals surface area contributed by atoms with Gasteiger partial charge in [-0.3, -0.25) is 4.79 Å². The lowest BCUT2D eigenvalue weighted by atomic mass is 9.92. The number of ether oxygens (including phenoxy) is 4. The zero-order valence-corrected chi connectivity index (χ0v) is 26.6. The van der Waals surface area contributed by atoms with E-state index in [0.717, 1.165) is 61.2 Å². The summed E-state index contributed by atoms with van der Waals surface area (Å²) in [4.78, 5) is 16.0. The number of amides is 1. The van der Waals surface area contributed by atoms with Gasteiger partial charge in [-0.05, 0) is 95.8 Å². The molecule has 1 N–H and O–H groups in total. The molecule has 0 saturated heterocycles. The third kappa shape index (κ3) is 6.44. The smallest absolute Gasteiger partial charge is 0.224 e. The van der Waals surface area contributed by atoms with Crippen LogP contribution in [0.25, 0.3) is 0 Å². The number of carbonyl (C=O) groups is 1. The van der Waals surface area contributed by atoms with Crippen molar-refractivity contribution in [2.45, 2.75) is 50.6 Å². The Balaban J connectivity index is 1.34. The van der Waals surface area contributed by atoms with E-state index in [1.165, 1.54) is 22.3 Å². The quantitative estimate of drug-likeness (QED) is 0.229. The third-order valence-corrected chi connectivity index (χ3v) is 9.17. The van der Waals surface area contributed by atoms with Gasteiger partial charge in [-0.1, -0.05) is 48.5 Å². The van der Waals surface area contributed by atoms with E-state index in [1.807, 2.05) is 12.1 Å². The number of rotatable bonds is 10. The van der Waals surface area contributed by atoms with Crippen molar-refractivity contribution in [1.82, 2.24) is 5.32 Å². The maximum Gasteiger partial charge on any atom is 0.224 e. The second-order valence-electron chi connectivity index (χ2n) is 11.9.